The number of anilines is 1. The van der Waals surface area contributed by atoms with Crippen LogP contribution in [0.25, 0.3) is 10.9 Å². The van der Waals surface area contributed by atoms with Crippen molar-refractivity contribution in [3.63, 3.8) is 0 Å². The molecular weight excluding hydrogens is 399 g/mol. The zero-order chi connectivity index (χ0) is 20.4. The van der Waals surface area contributed by atoms with Gasteiger partial charge < -0.3 is 10.4 Å². The number of aromatic nitrogens is 2. The summed E-state index contributed by atoms with van der Waals surface area (Å²) in [6, 6.07) is 9.44. The number of fused-ring (bicyclic) bond motifs is 1. The number of benzene rings is 2. The second-order valence-corrected chi connectivity index (χ2v) is 9.44. The van der Waals surface area contributed by atoms with E-state index < -0.39 is 17.8 Å². The third kappa shape index (κ3) is 2.84. The minimum absolute atomic E-state index is 0.212. The first-order valence-corrected chi connectivity index (χ1v) is 10.4. The maximum Gasteiger partial charge on any atom is 0.419 e. The van der Waals surface area contributed by atoms with Gasteiger partial charge in [0.2, 0.25) is 0 Å². The van der Waals surface area contributed by atoms with Gasteiger partial charge in [0.15, 0.2) is 5.60 Å². The van der Waals surface area contributed by atoms with Crippen LogP contribution in [0.5, 0.6) is 0 Å². The van der Waals surface area contributed by atoms with Gasteiger partial charge in [-0.1, -0.05) is 25.1 Å². The second-order valence-electron chi connectivity index (χ2n) is 7.96. The van der Waals surface area contributed by atoms with E-state index in [0.29, 0.717) is 23.1 Å². The molecule has 4 atom stereocenters. The van der Waals surface area contributed by atoms with Gasteiger partial charge in [-0.2, -0.15) is 18.3 Å². The number of H-pyrrole nitrogens is 1. The van der Waals surface area contributed by atoms with Crippen molar-refractivity contribution < 1.29 is 18.3 Å². The number of hydrogen-bond donors (Lipinski definition) is 3. The van der Waals surface area contributed by atoms with E-state index in [-0.39, 0.29) is 17.6 Å². The van der Waals surface area contributed by atoms with Gasteiger partial charge in [-0.05, 0) is 48.1 Å². The van der Waals surface area contributed by atoms with Gasteiger partial charge >= 0.3 is 6.18 Å². The Kier molecular flexibility index (Phi) is 4.15. The Bertz CT molecular complexity index is 1080. The molecular formula is C21H20F3N3OS. The maximum absolute atomic E-state index is 14.2. The Morgan fingerprint density at radius 2 is 2.03 bits per heavy atom. The predicted molar refractivity (Wildman–Crippen MR) is 107 cm³/mol. The third-order valence-electron chi connectivity index (χ3n) is 6.07. The largest absolute Gasteiger partial charge is 0.419 e. The van der Waals surface area contributed by atoms with Crippen molar-refractivity contribution in [1.82, 2.24) is 10.2 Å². The van der Waals surface area contributed by atoms with Gasteiger partial charge in [0.1, 0.15) is 0 Å². The van der Waals surface area contributed by atoms with Crippen LogP contribution in [0.4, 0.5) is 18.9 Å². The molecule has 1 aliphatic carbocycles. The first-order valence-electron chi connectivity index (χ1n) is 9.55. The fraction of sp³-hybridized carbons (Fsp3) is 0.381. The summed E-state index contributed by atoms with van der Waals surface area (Å²) >= 11 is 1.69. The molecule has 1 aromatic heterocycles. The fourth-order valence-electron chi connectivity index (χ4n) is 4.80. The lowest BCUT2D eigenvalue weighted by Gasteiger charge is -2.48. The summed E-state index contributed by atoms with van der Waals surface area (Å²) < 4.78 is 42.7. The van der Waals surface area contributed by atoms with E-state index in [1.165, 1.54) is 0 Å². The lowest BCUT2D eigenvalue weighted by Crippen LogP contribution is -2.56. The van der Waals surface area contributed by atoms with E-state index >= 15 is 0 Å². The number of rotatable bonds is 2. The van der Waals surface area contributed by atoms with Gasteiger partial charge in [0.05, 0.1) is 17.8 Å². The van der Waals surface area contributed by atoms with E-state index in [9.17, 15) is 18.3 Å². The average Bonchev–Trinajstić information content (AvgIpc) is 3.13. The molecule has 4 nitrogen and oxygen atoms in total. The molecule has 5 rings (SSSR count). The van der Waals surface area contributed by atoms with E-state index in [1.54, 1.807) is 42.2 Å². The lowest BCUT2D eigenvalue weighted by atomic mass is 9.69. The molecule has 2 aliphatic rings. The minimum Gasteiger partial charge on any atom is -0.379 e. The van der Waals surface area contributed by atoms with Gasteiger partial charge in [-0.3, -0.25) is 5.10 Å². The van der Waals surface area contributed by atoms with Crippen molar-refractivity contribution in [2.24, 2.45) is 0 Å². The molecule has 29 heavy (non-hydrogen) atoms. The fourth-order valence-corrected chi connectivity index (χ4v) is 6.13. The second kappa shape index (κ2) is 6.40. The Balaban J connectivity index is 1.69. The first-order chi connectivity index (χ1) is 13.8. The predicted octanol–water partition coefficient (Wildman–Crippen LogP) is 5.38. The monoisotopic (exact) mass is 419 g/mol. The molecule has 4 unspecified atom stereocenters. The zero-order valence-electron chi connectivity index (χ0n) is 15.6. The van der Waals surface area contributed by atoms with Crippen LogP contribution in [0, 0.1) is 0 Å². The number of aliphatic hydroxyl groups is 1. The van der Waals surface area contributed by atoms with Gasteiger partial charge in [0, 0.05) is 21.2 Å². The normalized spacial score (nSPS) is 28.9. The number of halogens is 3. The van der Waals surface area contributed by atoms with Gasteiger partial charge in [0.25, 0.3) is 0 Å². The van der Waals surface area contributed by atoms with Crippen LogP contribution in [0.3, 0.4) is 0 Å². The standard InChI is InChI=1S/C21H20F3N3OS/c1-11-8-12-9-20(28,21(22,23)24)19(13-4-2-7-17(29-11)18(12)13)26-15-5-3-6-16-14(15)10-25-27-16/h2-7,10-12,19,26,28H,8-9H2,1H3,(H,25,27). The highest BCUT2D eigenvalue weighted by molar-refractivity contribution is 8.00. The van der Waals surface area contributed by atoms with Crippen LogP contribution in [0.15, 0.2) is 47.5 Å². The number of alkyl halides is 3. The summed E-state index contributed by atoms with van der Waals surface area (Å²) in [5.74, 6) is -0.313. The topological polar surface area (TPSA) is 60.9 Å². The van der Waals surface area contributed by atoms with Gasteiger partial charge in [-0.25, -0.2) is 0 Å². The van der Waals surface area contributed by atoms with Crippen molar-refractivity contribution in [2.75, 3.05) is 5.32 Å². The summed E-state index contributed by atoms with van der Waals surface area (Å²) in [5, 5.41) is 21.8. The van der Waals surface area contributed by atoms with Crippen molar-refractivity contribution in [3.05, 3.63) is 53.7 Å². The van der Waals surface area contributed by atoms with Crippen LogP contribution in [0.1, 0.15) is 42.9 Å². The number of aromatic amines is 1. The molecule has 0 fully saturated rings. The molecule has 1 aliphatic heterocycles. The molecule has 8 heteroatoms. The Morgan fingerprint density at radius 1 is 1.24 bits per heavy atom. The molecule has 2 aromatic carbocycles. The Morgan fingerprint density at radius 3 is 2.83 bits per heavy atom. The van der Waals surface area contributed by atoms with Crippen LogP contribution < -0.4 is 5.32 Å². The zero-order valence-corrected chi connectivity index (χ0v) is 16.4. The summed E-state index contributed by atoms with van der Waals surface area (Å²) in [6.45, 7) is 2.02. The lowest BCUT2D eigenvalue weighted by molar-refractivity contribution is -0.273. The minimum atomic E-state index is -4.77. The first kappa shape index (κ1) is 18.8. The summed E-state index contributed by atoms with van der Waals surface area (Å²) in [4.78, 5) is 1.02. The summed E-state index contributed by atoms with van der Waals surface area (Å²) in [5.41, 5.74) is -0.160. The molecule has 2 heterocycles. The Labute approximate surface area is 169 Å². The van der Waals surface area contributed by atoms with Crippen LogP contribution in [-0.2, 0) is 0 Å². The smallest absolute Gasteiger partial charge is 0.379 e. The van der Waals surface area contributed by atoms with Crippen LogP contribution in [-0.4, -0.2) is 32.3 Å². The quantitative estimate of drug-likeness (QED) is 0.522. The van der Waals surface area contributed by atoms with E-state index in [1.807, 2.05) is 19.1 Å². The van der Waals surface area contributed by atoms with Crippen LogP contribution in [0.2, 0.25) is 0 Å². The molecule has 0 radical (unpaired) electrons. The number of nitrogens with zero attached hydrogens (tertiary/aromatic N) is 1. The number of nitrogens with one attached hydrogen (secondary N) is 2. The maximum atomic E-state index is 14.2. The highest BCUT2D eigenvalue weighted by Crippen LogP contribution is 2.57. The molecule has 0 saturated heterocycles. The molecule has 3 aromatic rings. The summed E-state index contributed by atoms with van der Waals surface area (Å²) in [7, 11) is 0. The highest BCUT2D eigenvalue weighted by atomic mass is 32.2. The van der Waals surface area contributed by atoms with Crippen LogP contribution >= 0.6 is 11.8 Å². The number of thioether (sulfide) groups is 1. The van der Waals surface area contributed by atoms with Crippen molar-refractivity contribution >= 4 is 28.4 Å². The SMILES string of the molecule is CC1CC2CC(O)(C(F)(F)F)C(Nc3cccc4[nH]ncc34)c3cccc(c32)S1. The molecule has 152 valence electrons. The summed E-state index contributed by atoms with van der Waals surface area (Å²) in [6.07, 6.45) is -2.91. The number of hydrogen-bond acceptors (Lipinski definition) is 4. The molecule has 0 saturated carbocycles. The van der Waals surface area contributed by atoms with E-state index in [0.717, 1.165) is 16.0 Å². The Hall–Kier alpha value is -2.19. The van der Waals surface area contributed by atoms with Crippen molar-refractivity contribution in [3.8, 4) is 0 Å². The highest BCUT2D eigenvalue weighted by Gasteiger charge is 2.62. The average molecular weight is 419 g/mol. The van der Waals surface area contributed by atoms with Crippen molar-refractivity contribution in [1.29, 1.82) is 0 Å². The van der Waals surface area contributed by atoms with Gasteiger partial charge in [-0.15, -0.1) is 11.8 Å². The molecule has 0 spiro atoms. The molecule has 0 bridgehead atoms. The third-order valence-corrected chi connectivity index (χ3v) is 7.28. The van der Waals surface area contributed by atoms with E-state index in [4.69, 9.17) is 0 Å². The van der Waals surface area contributed by atoms with Crippen molar-refractivity contribution in [2.45, 2.75) is 53.6 Å². The molecule has 3 N–H and O–H groups in total. The molecule has 0 amide bonds. The van der Waals surface area contributed by atoms with E-state index in [2.05, 4.69) is 15.5 Å².